The molecule has 0 bridgehead atoms. The average Bonchev–Trinajstić information content (AvgIpc) is 2.47. The van der Waals surface area contributed by atoms with E-state index >= 15 is 0 Å². The fraction of sp³-hybridized carbons (Fsp3) is 0.562. The summed E-state index contributed by atoms with van der Waals surface area (Å²) in [6, 6.07) is 7.95. The van der Waals surface area contributed by atoms with Crippen molar-refractivity contribution in [3.63, 3.8) is 0 Å². The van der Waals surface area contributed by atoms with E-state index in [4.69, 9.17) is 5.73 Å². The number of nitrogen functional groups attached to an aromatic ring is 1. The van der Waals surface area contributed by atoms with Crippen LogP contribution >= 0.6 is 0 Å². The molecule has 1 unspecified atom stereocenters. The Kier molecular flexibility index (Phi) is 4.88. The van der Waals surface area contributed by atoms with Gasteiger partial charge in [0.1, 0.15) is 0 Å². The van der Waals surface area contributed by atoms with E-state index in [0.717, 1.165) is 50.4 Å². The number of nitrogens with zero attached hydrogens (tertiary/aromatic N) is 2. The summed E-state index contributed by atoms with van der Waals surface area (Å²) in [7, 11) is 0. The Morgan fingerprint density at radius 3 is 2.60 bits per heavy atom. The van der Waals surface area contributed by atoms with Crippen molar-refractivity contribution in [2.24, 2.45) is 5.92 Å². The number of hydrogen-bond acceptors (Lipinski definition) is 3. The van der Waals surface area contributed by atoms with Gasteiger partial charge in [0, 0.05) is 43.5 Å². The van der Waals surface area contributed by atoms with E-state index in [9.17, 15) is 4.79 Å². The van der Waals surface area contributed by atoms with Crippen LogP contribution in [0.25, 0.3) is 0 Å². The summed E-state index contributed by atoms with van der Waals surface area (Å²) in [5.41, 5.74) is 7.76. The van der Waals surface area contributed by atoms with Gasteiger partial charge in [-0.25, -0.2) is 0 Å². The van der Waals surface area contributed by atoms with E-state index in [0.29, 0.717) is 5.91 Å². The molecule has 4 nitrogen and oxygen atoms in total. The lowest BCUT2D eigenvalue weighted by atomic mass is 10.0. The molecule has 110 valence electrons. The quantitative estimate of drug-likeness (QED) is 0.858. The van der Waals surface area contributed by atoms with Gasteiger partial charge in [-0.05, 0) is 24.6 Å². The third kappa shape index (κ3) is 3.44. The molecule has 2 rings (SSSR count). The van der Waals surface area contributed by atoms with Gasteiger partial charge >= 0.3 is 0 Å². The maximum Gasteiger partial charge on any atom is 0.225 e. The van der Waals surface area contributed by atoms with Crippen LogP contribution in [0.4, 0.5) is 11.4 Å². The van der Waals surface area contributed by atoms with Gasteiger partial charge in [-0.15, -0.1) is 0 Å². The molecular formula is C16H25N3O. The van der Waals surface area contributed by atoms with Crippen molar-refractivity contribution in [3.05, 3.63) is 24.3 Å². The highest BCUT2D eigenvalue weighted by molar-refractivity contribution is 5.78. The van der Waals surface area contributed by atoms with Crippen molar-refractivity contribution >= 4 is 17.3 Å². The molecule has 0 aromatic heterocycles. The van der Waals surface area contributed by atoms with E-state index in [1.165, 1.54) is 0 Å². The van der Waals surface area contributed by atoms with Crippen molar-refractivity contribution in [3.8, 4) is 0 Å². The van der Waals surface area contributed by atoms with Gasteiger partial charge in [0.05, 0.1) is 0 Å². The Morgan fingerprint density at radius 1 is 1.30 bits per heavy atom. The van der Waals surface area contributed by atoms with E-state index < -0.39 is 0 Å². The highest BCUT2D eigenvalue weighted by atomic mass is 16.2. The first kappa shape index (κ1) is 14.7. The fourth-order valence-electron chi connectivity index (χ4n) is 2.77. The molecule has 0 aliphatic carbocycles. The Morgan fingerprint density at radius 2 is 2.00 bits per heavy atom. The van der Waals surface area contributed by atoms with E-state index in [-0.39, 0.29) is 5.92 Å². The molecular weight excluding hydrogens is 250 g/mol. The van der Waals surface area contributed by atoms with E-state index in [1.54, 1.807) is 0 Å². The van der Waals surface area contributed by atoms with E-state index in [1.807, 2.05) is 30.0 Å². The average molecular weight is 275 g/mol. The number of carbonyl (C=O) groups is 1. The predicted octanol–water partition coefficient (Wildman–Crippen LogP) is 2.35. The topological polar surface area (TPSA) is 49.6 Å². The molecule has 4 heteroatoms. The second kappa shape index (κ2) is 6.64. The molecule has 2 N–H and O–H groups in total. The van der Waals surface area contributed by atoms with Gasteiger partial charge in [-0.2, -0.15) is 0 Å². The highest BCUT2D eigenvalue weighted by Gasteiger charge is 2.24. The zero-order valence-electron chi connectivity index (χ0n) is 12.5. The van der Waals surface area contributed by atoms with Gasteiger partial charge < -0.3 is 15.5 Å². The smallest absolute Gasteiger partial charge is 0.225 e. The lowest BCUT2D eigenvalue weighted by Crippen LogP contribution is -2.50. The summed E-state index contributed by atoms with van der Waals surface area (Å²) in [5.74, 6) is 0.456. The Balaban J connectivity index is 1.91. The molecule has 1 aliphatic rings. The lowest BCUT2D eigenvalue weighted by molar-refractivity contribution is -0.135. The molecule has 0 spiro atoms. The van der Waals surface area contributed by atoms with Gasteiger partial charge in [0.15, 0.2) is 0 Å². The molecule has 0 radical (unpaired) electrons. The molecule has 1 saturated heterocycles. The zero-order chi connectivity index (χ0) is 14.5. The van der Waals surface area contributed by atoms with Crippen molar-refractivity contribution in [2.75, 3.05) is 36.8 Å². The number of carbonyl (C=O) groups excluding carboxylic acids is 1. The normalized spacial score (nSPS) is 17.1. The summed E-state index contributed by atoms with van der Waals surface area (Å²) >= 11 is 0. The highest BCUT2D eigenvalue weighted by Crippen LogP contribution is 2.20. The molecule has 1 aliphatic heterocycles. The van der Waals surface area contributed by atoms with Crippen LogP contribution in [0.1, 0.15) is 26.7 Å². The van der Waals surface area contributed by atoms with Crippen molar-refractivity contribution < 1.29 is 4.79 Å². The van der Waals surface area contributed by atoms with Crippen molar-refractivity contribution in [1.82, 2.24) is 4.90 Å². The molecule has 20 heavy (non-hydrogen) atoms. The van der Waals surface area contributed by atoms with Gasteiger partial charge in [-0.1, -0.05) is 26.3 Å². The van der Waals surface area contributed by atoms with Gasteiger partial charge in [0.25, 0.3) is 0 Å². The van der Waals surface area contributed by atoms with Crippen LogP contribution in [0.5, 0.6) is 0 Å². The van der Waals surface area contributed by atoms with Crippen LogP contribution in [0.2, 0.25) is 0 Å². The molecule has 1 atom stereocenters. The van der Waals surface area contributed by atoms with Crippen LogP contribution in [0.15, 0.2) is 24.3 Å². The SMILES string of the molecule is CCCC(C)C(=O)N1CCN(c2cccc(N)c2)CC1. The summed E-state index contributed by atoms with van der Waals surface area (Å²) in [6.45, 7) is 7.54. The largest absolute Gasteiger partial charge is 0.399 e. The molecule has 1 heterocycles. The minimum atomic E-state index is 0.152. The monoisotopic (exact) mass is 275 g/mol. The first-order chi connectivity index (χ1) is 9.61. The second-order valence-electron chi connectivity index (χ2n) is 5.60. The number of nitrogens with two attached hydrogens (primary N) is 1. The van der Waals surface area contributed by atoms with Crippen LogP contribution in [-0.2, 0) is 4.79 Å². The van der Waals surface area contributed by atoms with Gasteiger partial charge in [0.2, 0.25) is 5.91 Å². The Bertz CT molecular complexity index is 453. The number of anilines is 2. The maximum atomic E-state index is 12.3. The Hall–Kier alpha value is -1.71. The number of amides is 1. The van der Waals surface area contributed by atoms with E-state index in [2.05, 4.69) is 17.9 Å². The van der Waals surface area contributed by atoms with Crippen molar-refractivity contribution in [2.45, 2.75) is 26.7 Å². The minimum Gasteiger partial charge on any atom is -0.399 e. The molecule has 1 fully saturated rings. The molecule has 1 amide bonds. The fourth-order valence-corrected chi connectivity index (χ4v) is 2.77. The molecule has 1 aromatic rings. The second-order valence-corrected chi connectivity index (χ2v) is 5.60. The van der Waals surface area contributed by atoms with Crippen LogP contribution < -0.4 is 10.6 Å². The molecule has 0 saturated carbocycles. The summed E-state index contributed by atoms with van der Waals surface area (Å²) in [5, 5.41) is 0. The third-order valence-corrected chi connectivity index (χ3v) is 3.97. The van der Waals surface area contributed by atoms with Gasteiger partial charge in [-0.3, -0.25) is 4.79 Å². The maximum absolute atomic E-state index is 12.3. The summed E-state index contributed by atoms with van der Waals surface area (Å²) in [6.07, 6.45) is 2.05. The van der Waals surface area contributed by atoms with Crippen LogP contribution in [-0.4, -0.2) is 37.0 Å². The minimum absolute atomic E-state index is 0.152. The zero-order valence-corrected chi connectivity index (χ0v) is 12.5. The van der Waals surface area contributed by atoms with Crippen LogP contribution in [0.3, 0.4) is 0 Å². The number of hydrogen-bond donors (Lipinski definition) is 1. The summed E-state index contributed by atoms with van der Waals surface area (Å²) < 4.78 is 0. The standard InChI is InChI=1S/C16H25N3O/c1-3-5-13(2)16(20)19-10-8-18(9-11-19)15-7-4-6-14(17)12-15/h4,6-7,12-13H,3,5,8-11,17H2,1-2H3. The first-order valence-corrected chi connectivity index (χ1v) is 7.51. The predicted molar refractivity (Wildman–Crippen MR) is 83.7 cm³/mol. The number of rotatable bonds is 4. The van der Waals surface area contributed by atoms with Crippen molar-refractivity contribution in [1.29, 1.82) is 0 Å². The number of piperazine rings is 1. The van der Waals surface area contributed by atoms with Crippen LogP contribution in [0, 0.1) is 5.92 Å². The lowest BCUT2D eigenvalue weighted by Gasteiger charge is -2.37. The Labute approximate surface area is 121 Å². The first-order valence-electron chi connectivity index (χ1n) is 7.51. The molecule has 1 aromatic carbocycles. The number of benzene rings is 1. The third-order valence-electron chi connectivity index (χ3n) is 3.97. The summed E-state index contributed by atoms with van der Waals surface area (Å²) in [4.78, 5) is 16.6.